The van der Waals surface area contributed by atoms with Crippen LogP contribution in [0.5, 0.6) is 0 Å². The average molecular weight is 392 g/mol. The summed E-state index contributed by atoms with van der Waals surface area (Å²) in [7, 11) is 0. The van der Waals surface area contributed by atoms with Crippen LogP contribution in [0.1, 0.15) is 23.0 Å². The highest BCUT2D eigenvalue weighted by atomic mass is 79.9. The van der Waals surface area contributed by atoms with E-state index in [1.54, 1.807) is 0 Å². The van der Waals surface area contributed by atoms with E-state index in [9.17, 15) is 0 Å². The van der Waals surface area contributed by atoms with E-state index in [1.165, 1.54) is 5.56 Å². The van der Waals surface area contributed by atoms with Gasteiger partial charge in [-0.25, -0.2) is 4.98 Å². The maximum Gasteiger partial charge on any atom is 0.131 e. The molecule has 2 N–H and O–H groups in total. The minimum Gasteiger partial charge on any atom is -0.322 e. The van der Waals surface area contributed by atoms with Crippen molar-refractivity contribution in [2.45, 2.75) is 12.6 Å². The molecule has 1 unspecified atom stereocenters. The fourth-order valence-electron chi connectivity index (χ4n) is 3.13. The van der Waals surface area contributed by atoms with Gasteiger partial charge in [0.05, 0.1) is 17.1 Å². The van der Waals surface area contributed by atoms with Crippen molar-refractivity contribution in [3.63, 3.8) is 0 Å². The van der Waals surface area contributed by atoms with Gasteiger partial charge in [-0.05, 0) is 29.3 Å². The number of aromatic nitrogens is 2. The number of benzene rings is 3. The van der Waals surface area contributed by atoms with Crippen LogP contribution in [0.3, 0.4) is 0 Å². The van der Waals surface area contributed by atoms with Gasteiger partial charge in [-0.1, -0.05) is 76.6 Å². The van der Waals surface area contributed by atoms with Crippen molar-refractivity contribution in [3.05, 3.63) is 100 Å². The highest BCUT2D eigenvalue weighted by Crippen LogP contribution is 2.29. The molecule has 4 heteroatoms. The van der Waals surface area contributed by atoms with Crippen LogP contribution in [-0.4, -0.2) is 9.55 Å². The second-order valence-corrected chi connectivity index (χ2v) is 6.88. The third kappa shape index (κ3) is 3.11. The summed E-state index contributed by atoms with van der Waals surface area (Å²) in [5.74, 6) is 0.872. The Balaban J connectivity index is 1.85. The number of hydrogen-bond acceptors (Lipinski definition) is 2. The normalized spacial score (nSPS) is 12.4. The minimum absolute atomic E-state index is 0.299. The number of fused-ring (bicyclic) bond motifs is 1. The van der Waals surface area contributed by atoms with Crippen molar-refractivity contribution in [3.8, 4) is 0 Å². The van der Waals surface area contributed by atoms with E-state index in [1.807, 2.05) is 48.5 Å². The fourth-order valence-corrected chi connectivity index (χ4v) is 3.66. The molecule has 0 saturated heterocycles. The summed E-state index contributed by atoms with van der Waals surface area (Å²) in [6.45, 7) is 0.745. The van der Waals surface area contributed by atoms with Crippen molar-refractivity contribution in [2.75, 3.05) is 0 Å². The first kappa shape index (κ1) is 16.1. The van der Waals surface area contributed by atoms with Gasteiger partial charge in [0.25, 0.3) is 0 Å². The van der Waals surface area contributed by atoms with Crippen molar-refractivity contribution >= 4 is 27.0 Å². The molecule has 0 saturated carbocycles. The summed E-state index contributed by atoms with van der Waals surface area (Å²) in [5.41, 5.74) is 11.0. The average Bonchev–Trinajstić information content (AvgIpc) is 3.01. The zero-order valence-corrected chi connectivity index (χ0v) is 15.2. The molecular formula is C21H18BrN3. The van der Waals surface area contributed by atoms with Crippen molar-refractivity contribution in [1.82, 2.24) is 9.55 Å². The highest BCUT2D eigenvalue weighted by molar-refractivity contribution is 9.10. The molecule has 0 amide bonds. The van der Waals surface area contributed by atoms with Crippen LogP contribution in [0.2, 0.25) is 0 Å². The largest absolute Gasteiger partial charge is 0.322 e. The molecule has 25 heavy (non-hydrogen) atoms. The Morgan fingerprint density at radius 1 is 0.880 bits per heavy atom. The molecule has 4 aromatic rings. The van der Waals surface area contributed by atoms with Crippen LogP contribution < -0.4 is 5.73 Å². The first-order valence-electron chi connectivity index (χ1n) is 8.23. The standard InChI is InChI=1S/C21H18BrN3/c22-17-11-5-4-10-16(17)20(23)21-24-18-12-6-7-13-19(18)25(21)14-15-8-2-1-3-9-15/h1-13,20H,14,23H2. The summed E-state index contributed by atoms with van der Waals surface area (Å²) >= 11 is 3.61. The van der Waals surface area contributed by atoms with Crippen LogP contribution in [0.15, 0.2) is 83.3 Å². The number of nitrogens with zero attached hydrogens (tertiary/aromatic N) is 2. The Hall–Kier alpha value is -2.43. The Labute approximate surface area is 155 Å². The van der Waals surface area contributed by atoms with Gasteiger partial charge in [-0.2, -0.15) is 0 Å². The maximum absolute atomic E-state index is 6.62. The molecule has 4 rings (SSSR count). The Kier molecular flexibility index (Phi) is 4.38. The summed E-state index contributed by atoms with van der Waals surface area (Å²) in [4.78, 5) is 4.84. The molecule has 0 aliphatic carbocycles. The van der Waals surface area contributed by atoms with Crippen LogP contribution in [0.4, 0.5) is 0 Å². The number of rotatable bonds is 4. The van der Waals surface area contributed by atoms with Gasteiger partial charge >= 0.3 is 0 Å². The molecule has 1 atom stereocenters. The Morgan fingerprint density at radius 2 is 1.56 bits per heavy atom. The van der Waals surface area contributed by atoms with E-state index in [2.05, 4.69) is 50.8 Å². The molecule has 3 nitrogen and oxygen atoms in total. The Morgan fingerprint density at radius 3 is 2.36 bits per heavy atom. The quantitative estimate of drug-likeness (QED) is 0.537. The van der Waals surface area contributed by atoms with E-state index >= 15 is 0 Å². The van der Waals surface area contributed by atoms with Crippen LogP contribution in [0.25, 0.3) is 11.0 Å². The summed E-state index contributed by atoms with van der Waals surface area (Å²) < 4.78 is 3.22. The van der Waals surface area contributed by atoms with E-state index < -0.39 is 0 Å². The van der Waals surface area contributed by atoms with Crippen LogP contribution in [-0.2, 0) is 6.54 Å². The van der Waals surface area contributed by atoms with E-state index in [0.717, 1.165) is 33.4 Å². The smallest absolute Gasteiger partial charge is 0.131 e. The van der Waals surface area contributed by atoms with E-state index in [4.69, 9.17) is 10.7 Å². The number of halogens is 1. The van der Waals surface area contributed by atoms with Crippen LogP contribution >= 0.6 is 15.9 Å². The molecule has 0 spiro atoms. The third-order valence-electron chi connectivity index (χ3n) is 4.39. The SMILES string of the molecule is NC(c1ccccc1Br)c1nc2ccccc2n1Cc1ccccc1. The molecule has 3 aromatic carbocycles. The number of hydrogen-bond donors (Lipinski definition) is 1. The van der Waals surface area contributed by atoms with Crippen LogP contribution in [0, 0.1) is 0 Å². The van der Waals surface area contributed by atoms with Gasteiger partial charge in [-0.15, -0.1) is 0 Å². The molecular weight excluding hydrogens is 374 g/mol. The maximum atomic E-state index is 6.62. The first-order chi connectivity index (χ1) is 12.2. The first-order valence-corrected chi connectivity index (χ1v) is 9.02. The third-order valence-corrected chi connectivity index (χ3v) is 5.11. The van der Waals surface area contributed by atoms with Crippen molar-refractivity contribution in [1.29, 1.82) is 0 Å². The van der Waals surface area contributed by atoms with E-state index in [-0.39, 0.29) is 6.04 Å². The van der Waals surface area contributed by atoms with Gasteiger partial charge in [-0.3, -0.25) is 0 Å². The Bertz CT molecular complexity index is 1010. The van der Waals surface area contributed by atoms with Gasteiger partial charge in [0.1, 0.15) is 5.82 Å². The van der Waals surface area contributed by atoms with Crippen molar-refractivity contribution in [2.24, 2.45) is 5.73 Å². The predicted molar refractivity (Wildman–Crippen MR) is 105 cm³/mol. The molecule has 0 radical (unpaired) electrons. The lowest BCUT2D eigenvalue weighted by Crippen LogP contribution is -2.19. The zero-order chi connectivity index (χ0) is 17.2. The topological polar surface area (TPSA) is 43.8 Å². The number of imidazole rings is 1. The molecule has 0 fully saturated rings. The second-order valence-electron chi connectivity index (χ2n) is 6.03. The molecule has 0 aliphatic rings. The monoisotopic (exact) mass is 391 g/mol. The van der Waals surface area contributed by atoms with Gasteiger partial charge in [0.15, 0.2) is 0 Å². The van der Waals surface area contributed by atoms with Gasteiger partial charge in [0.2, 0.25) is 0 Å². The molecule has 0 aliphatic heterocycles. The predicted octanol–water partition coefficient (Wildman–Crippen LogP) is 4.90. The lowest BCUT2D eigenvalue weighted by atomic mass is 10.1. The summed E-state index contributed by atoms with van der Waals surface area (Å²) in [6, 6.07) is 26.3. The minimum atomic E-state index is -0.299. The van der Waals surface area contributed by atoms with Gasteiger partial charge < -0.3 is 10.3 Å². The molecule has 0 bridgehead atoms. The molecule has 1 heterocycles. The second kappa shape index (κ2) is 6.82. The molecule has 1 aromatic heterocycles. The van der Waals surface area contributed by atoms with E-state index in [0.29, 0.717) is 0 Å². The van der Waals surface area contributed by atoms with Gasteiger partial charge in [0, 0.05) is 11.0 Å². The zero-order valence-electron chi connectivity index (χ0n) is 13.6. The number of para-hydroxylation sites is 2. The summed E-state index contributed by atoms with van der Waals surface area (Å²) in [6.07, 6.45) is 0. The molecule has 124 valence electrons. The lowest BCUT2D eigenvalue weighted by Gasteiger charge is -2.16. The van der Waals surface area contributed by atoms with Crippen molar-refractivity contribution < 1.29 is 0 Å². The summed E-state index contributed by atoms with van der Waals surface area (Å²) in [5, 5.41) is 0. The fraction of sp³-hybridized carbons (Fsp3) is 0.0952. The number of nitrogens with two attached hydrogens (primary N) is 1. The lowest BCUT2D eigenvalue weighted by molar-refractivity contribution is 0.687. The highest BCUT2D eigenvalue weighted by Gasteiger charge is 2.20.